The molecule has 5 heteroatoms. The number of aromatic nitrogens is 3. The van der Waals surface area contributed by atoms with Crippen molar-refractivity contribution in [3.63, 3.8) is 0 Å². The maximum absolute atomic E-state index is 4.36. The van der Waals surface area contributed by atoms with Gasteiger partial charge >= 0.3 is 0 Å². The maximum atomic E-state index is 4.36. The fourth-order valence-electron chi connectivity index (χ4n) is 1.61. The summed E-state index contributed by atoms with van der Waals surface area (Å²) >= 11 is 3.56. The molecule has 2 rings (SSSR count). The Kier molecular flexibility index (Phi) is 11.6. The molecule has 146 valence electrons. The van der Waals surface area contributed by atoms with Crippen LogP contribution in [0.3, 0.4) is 0 Å². The third kappa shape index (κ3) is 8.41. The van der Waals surface area contributed by atoms with E-state index in [9.17, 15) is 0 Å². The molecule has 0 aromatic carbocycles. The predicted molar refractivity (Wildman–Crippen MR) is 116 cm³/mol. The van der Waals surface area contributed by atoms with E-state index < -0.39 is 0 Å². The van der Waals surface area contributed by atoms with E-state index in [1.165, 1.54) is 9.88 Å². The van der Waals surface area contributed by atoms with Gasteiger partial charge in [0.05, 0.1) is 5.01 Å². The Morgan fingerprint density at radius 3 is 1.52 bits per heavy atom. The highest BCUT2D eigenvalue weighted by molar-refractivity contribution is 7.11. The van der Waals surface area contributed by atoms with E-state index in [1.54, 1.807) is 11.3 Å². The number of rotatable bonds is 3. The van der Waals surface area contributed by atoms with Crippen LogP contribution < -0.4 is 0 Å². The van der Waals surface area contributed by atoms with Crippen LogP contribution in [-0.4, -0.2) is 15.2 Å². The Balaban J connectivity index is 0. The van der Waals surface area contributed by atoms with Gasteiger partial charge in [-0.15, -0.1) is 32.9 Å². The Hall–Kier alpha value is -0.810. The molecule has 0 N–H and O–H groups in total. The molecule has 0 saturated carbocycles. The van der Waals surface area contributed by atoms with Gasteiger partial charge in [0.15, 0.2) is 0 Å². The highest BCUT2D eigenvalue weighted by atomic mass is 32.1. The van der Waals surface area contributed by atoms with Crippen molar-refractivity contribution in [1.82, 2.24) is 15.2 Å². The van der Waals surface area contributed by atoms with Crippen LogP contribution in [0.25, 0.3) is 0 Å². The van der Waals surface area contributed by atoms with Gasteiger partial charge in [0, 0.05) is 28.3 Å². The van der Waals surface area contributed by atoms with Crippen molar-refractivity contribution in [2.45, 2.75) is 100 Å². The van der Waals surface area contributed by atoms with Gasteiger partial charge in [0.25, 0.3) is 0 Å². The molecule has 0 spiro atoms. The highest BCUT2D eigenvalue weighted by Gasteiger charge is 2.19. The Morgan fingerprint density at radius 2 is 1.28 bits per heavy atom. The molecular formula is C20H39N3S2. The third-order valence-corrected chi connectivity index (χ3v) is 6.43. The maximum Gasteiger partial charge on any atom is 0.122 e. The zero-order valence-electron chi connectivity index (χ0n) is 16.0. The topological polar surface area (TPSA) is 38.7 Å². The van der Waals surface area contributed by atoms with Gasteiger partial charge in [0.2, 0.25) is 0 Å². The predicted octanol–water partition coefficient (Wildman–Crippen LogP) is 7.62. The van der Waals surface area contributed by atoms with E-state index in [0.29, 0.717) is 17.8 Å². The van der Waals surface area contributed by atoms with Gasteiger partial charge < -0.3 is 0 Å². The molecule has 0 bridgehead atoms. The molecule has 0 atom stereocenters. The first kappa shape index (κ1) is 26.4. The second-order valence-electron chi connectivity index (χ2n) is 7.76. The minimum Gasteiger partial charge on any atom is -0.249 e. The molecular weight excluding hydrogens is 346 g/mol. The van der Waals surface area contributed by atoms with Gasteiger partial charge in [-0.3, -0.25) is 0 Å². The van der Waals surface area contributed by atoms with Crippen molar-refractivity contribution in [1.29, 1.82) is 0 Å². The fourth-order valence-corrected chi connectivity index (χ4v) is 3.43. The SMILES string of the molecule is C.C.CC(C)c1cnc(C(C)C)s1.CC(C)c1nnc(C(C)(C)C)s1. The minimum atomic E-state index is 0. The van der Waals surface area contributed by atoms with E-state index in [0.717, 1.165) is 10.0 Å². The lowest BCUT2D eigenvalue weighted by molar-refractivity contribution is 0.577. The van der Waals surface area contributed by atoms with Crippen LogP contribution in [0.1, 0.15) is 115 Å². The van der Waals surface area contributed by atoms with E-state index in [1.807, 2.05) is 17.5 Å². The zero-order valence-corrected chi connectivity index (χ0v) is 17.6. The van der Waals surface area contributed by atoms with Gasteiger partial charge in [-0.1, -0.05) is 77.2 Å². The van der Waals surface area contributed by atoms with Crippen molar-refractivity contribution < 1.29 is 0 Å². The van der Waals surface area contributed by atoms with Gasteiger partial charge in [-0.05, 0) is 5.92 Å². The second kappa shape index (κ2) is 11.0. The lowest BCUT2D eigenvalue weighted by Crippen LogP contribution is -2.10. The first-order valence-electron chi connectivity index (χ1n) is 8.31. The molecule has 0 aliphatic heterocycles. The first-order chi connectivity index (χ1) is 10.5. The van der Waals surface area contributed by atoms with Crippen LogP contribution in [-0.2, 0) is 5.41 Å². The Morgan fingerprint density at radius 1 is 0.760 bits per heavy atom. The van der Waals surface area contributed by atoms with Crippen LogP contribution in [0.2, 0.25) is 0 Å². The molecule has 3 nitrogen and oxygen atoms in total. The summed E-state index contributed by atoms with van der Waals surface area (Å²) in [6.07, 6.45) is 2.00. The summed E-state index contributed by atoms with van der Waals surface area (Å²) in [6, 6.07) is 0. The zero-order chi connectivity index (χ0) is 17.8. The molecule has 0 radical (unpaired) electrons. The van der Waals surface area contributed by atoms with Gasteiger partial charge in [-0.25, -0.2) is 4.98 Å². The average Bonchev–Trinajstić information content (AvgIpc) is 3.08. The van der Waals surface area contributed by atoms with E-state index in [2.05, 4.69) is 77.5 Å². The van der Waals surface area contributed by atoms with Gasteiger partial charge in [-0.2, -0.15) is 0 Å². The van der Waals surface area contributed by atoms with E-state index >= 15 is 0 Å². The highest BCUT2D eigenvalue weighted by Crippen LogP contribution is 2.28. The fraction of sp³-hybridized carbons (Fsp3) is 0.750. The third-order valence-electron chi connectivity index (χ3n) is 3.18. The van der Waals surface area contributed by atoms with Crippen LogP contribution in [0, 0.1) is 0 Å². The molecule has 0 saturated heterocycles. The lowest BCUT2D eigenvalue weighted by Gasteiger charge is -2.12. The van der Waals surface area contributed by atoms with Crippen LogP contribution >= 0.6 is 22.7 Å². The molecule has 0 fully saturated rings. The Labute approximate surface area is 164 Å². The summed E-state index contributed by atoms with van der Waals surface area (Å²) < 4.78 is 0. The van der Waals surface area contributed by atoms with Crippen molar-refractivity contribution >= 4 is 22.7 Å². The van der Waals surface area contributed by atoms with E-state index in [-0.39, 0.29) is 20.3 Å². The summed E-state index contributed by atoms with van der Waals surface area (Å²) in [4.78, 5) is 5.75. The second-order valence-corrected chi connectivity index (χ2v) is 9.86. The Bertz CT molecular complexity index is 568. The first-order valence-corrected chi connectivity index (χ1v) is 9.95. The molecule has 2 aromatic heterocycles. The standard InChI is InChI=1S/C9H16N2S.C9H15NS.2CH4/c1-6(2)7-10-11-8(12-7)9(3,4)5;1-6(2)8-5-10-9(11-8)7(3)4;;/h6H,1-5H3;5-7H,1-4H3;2*1H4. The minimum absolute atomic E-state index is 0. The van der Waals surface area contributed by atoms with Crippen molar-refractivity contribution in [3.8, 4) is 0 Å². The van der Waals surface area contributed by atoms with Crippen LogP contribution in [0.4, 0.5) is 0 Å². The summed E-state index contributed by atoms with van der Waals surface area (Å²) in [5.41, 5.74) is 0.144. The van der Waals surface area contributed by atoms with Crippen LogP contribution in [0.5, 0.6) is 0 Å². The molecule has 0 unspecified atom stereocenters. The number of thiazole rings is 1. The molecule has 2 aromatic rings. The van der Waals surface area contributed by atoms with Crippen molar-refractivity contribution in [3.05, 3.63) is 26.1 Å². The van der Waals surface area contributed by atoms with Gasteiger partial charge in [0.1, 0.15) is 10.0 Å². The number of hydrogen-bond donors (Lipinski definition) is 0. The summed E-state index contributed by atoms with van der Waals surface area (Å²) in [5, 5.41) is 11.9. The lowest BCUT2D eigenvalue weighted by atomic mass is 9.98. The molecule has 2 heterocycles. The summed E-state index contributed by atoms with van der Waals surface area (Å²) in [6.45, 7) is 19.6. The van der Waals surface area contributed by atoms with E-state index in [4.69, 9.17) is 0 Å². The van der Waals surface area contributed by atoms with Crippen LogP contribution in [0.15, 0.2) is 6.20 Å². The molecule has 0 amide bonds. The quantitative estimate of drug-likeness (QED) is 0.545. The number of hydrogen-bond acceptors (Lipinski definition) is 5. The average molecular weight is 386 g/mol. The summed E-state index contributed by atoms with van der Waals surface area (Å²) in [7, 11) is 0. The normalized spacial score (nSPS) is 11.0. The number of nitrogens with zero attached hydrogens (tertiary/aromatic N) is 3. The van der Waals surface area contributed by atoms with Crippen molar-refractivity contribution in [2.24, 2.45) is 0 Å². The summed E-state index contributed by atoms with van der Waals surface area (Å²) in [5.74, 6) is 1.70. The molecule has 0 aliphatic rings. The monoisotopic (exact) mass is 385 g/mol. The molecule has 25 heavy (non-hydrogen) atoms. The smallest absolute Gasteiger partial charge is 0.122 e. The van der Waals surface area contributed by atoms with Crippen molar-refractivity contribution in [2.75, 3.05) is 0 Å². The largest absolute Gasteiger partial charge is 0.249 e. The molecule has 0 aliphatic carbocycles.